The first-order chi connectivity index (χ1) is 16.0. The van der Waals surface area contributed by atoms with E-state index in [1.807, 2.05) is 24.3 Å². The van der Waals surface area contributed by atoms with E-state index in [-0.39, 0.29) is 5.75 Å². The standard InChI is InChI=1S/C25H21N3O5/c1-31-18-10-8-16(9-11-18)23-26-22(15-4-6-17(7-5-15)25(30)33-3)27-24(28-23)20-13-12-19(32-2)14-21(20)29/h4-14,29H,1-3H3. The summed E-state index contributed by atoms with van der Waals surface area (Å²) in [5.41, 5.74) is 2.27. The molecule has 0 saturated carbocycles. The smallest absolute Gasteiger partial charge is 0.337 e. The van der Waals surface area contributed by atoms with Crippen LogP contribution in [0.25, 0.3) is 34.2 Å². The minimum atomic E-state index is -0.431. The van der Waals surface area contributed by atoms with Crippen molar-refractivity contribution in [3.63, 3.8) is 0 Å². The largest absolute Gasteiger partial charge is 0.507 e. The maximum atomic E-state index is 11.8. The Balaban J connectivity index is 1.85. The van der Waals surface area contributed by atoms with E-state index in [0.29, 0.717) is 45.7 Å². The van der Waals surface area contributed by atoms with Gasteiger partial charge in [0, 0.05) is 17.2 Å². The number of aromatic nitrogens is 3. The lowest BCUT2D eigenvalue weighted by Gasteiger charge is -2.10. The van der Waals surface area contributed by atoms with Crippen LogP contribution in [0.3, 0.4) is 0 Å². The average Bonchev–Trinajstić information content (AvgIpc) is 2.88. The summed E-state index contributed by atoms with van der Waals surface area (Å²) in [6.07, 6.45) is 0. The number of esters is 1. The fourth-order valence-electron chi connectivity index (χ4n) is 3.20. The number of phenolic OH excluding ortho intramolecular Hbond substituents is 1. The van der Waals surface area contributed by atoms with Crippen molar-refractivity contribution in [1.29, 1.82) is 0 Å². The van der Waals surface area contributed by atoms with Crippen molar-refractivity contribution in [2.75, 3.05) is 21.3 Å². The predicted octanol–water partition coefficient (Wildman–Crippen LogP) is 4.38. The van der Waals surface area contributed by atoms with E-state index in [0.717, 1.165) is 5.56 Å². The number of phenols is 1. The van der Waals surface area contributed by atoms with Gasteiger partial charge in [0.2, 0.25) is 0 Å². The molecule has 0 saturated heterocycles. The Kier molecular flexibility index (Phi) is 6.17. The van der Waals surface area contributed by atoms with Crippen molar-refractivity contribution < 1.29 is 24.1 Å². The van der Waals surface area contributed by atoms with E-state index in [2.05, 4.69) is 15.0 Å². The fraction of sp³-hybridized carbons (Fsp3) is 0.120. The number of rotatable bonds is 6. The lowest BCUT2D eigenvalue weighted by molar-refractivity contribution is 0.0600. The maximum absolute atomic E-state index is 11.8. The zero-order valence-corrected chi connectivity index (χ0v) is 18.3. The molecule has 8 nitrogen and oxygen atoms in total. The molecular weight excluding hydrogens is 422 g/mol. The molecule has 1 aromatic heterocycles. The van der Waals surface area contributed by atoms with E-state index < -0.39 is 5.97 Å². The maximum Gasteiger partial charge on any atom is 0.337 e. The van der Waals surface area contributed by atoms with Crippen LogP contribution in [0.2, 0.25) is 0 Å². The van der Waals surface area contributed by atoms with Crippen LogP contribution >= 0.6 is 0 Å². The molecule has 0 aliphatic rings. The molecule has 0 fully saturated rings. The summed E-state index contributed by atoms with van der Waals surface area (Å²) in [6.45, 7) is 0. The van der Waals surface area contributed by atoms with Gasteiger partial charge >= 0.3 is 5.97 Å². The molecule has 1 heterocycles. The molecule has 1 N–H and O–H groups in total. The Morgan fingerprint density at radius 3 is 1.73 bits per heavy atom. The molecule has 0 bridgehead atoms. The summed E-state index contributed by atoms with van der Waals surface area (Å²) in [4.78, 5) is 25.6. The zero-order valence-electron chi connectivity index (χ0n) is 18.3. The lowest BCUT2D eigenvalue weighted by atomic mass is 10.1. The molecule has 3 aromatic carbocycles. The number of hydrogen-bond acceptors (Lipinski definition) is 8. The van der Waals surface area contributed by atoms with Gasteiger partial charge < -0.3 is 19.3 Å². The Morgan fingerprint density at radius 2 is 1.21 bits per heavy atom. The van der Waals surface area contributed by atoms with Crippen molar-refractivity contribution in [3.05, 3.63) is 72.3 Å². The number of hydrogen-bond donors (Lipinski definition) is 1. The summed E-state index contributed by atoms with van der Waals surface area (Å²) in [5.74, 6) is 1.87. The van der Waals surface area contributed by atoms with E-state index in [4.69, 9.17) is 14.2 Å². The van der Waals surface area contributed by atoms with Crippen molar-refractivity contribution in [3.8, 4) is 51.4 Å². The zero-order chi connectivity index (χ0) is 23.4. The number of nitrogens with zero attached hydrogens (tertiary/aromatic N) is 3. The van der Waals surface area contributed by atoms with Gasteiger partial charge in [0.05, 0.1) is 32.5 Å². The fourth-order valence-corrected chi connectivity index (χ4v) is 3.20. The highest BCUT2D eigenvalue weighted by atomic mass is 16.5. The van der Waals surface area contributed by atoms with Crippen molar-refractivity contribution in [2.45, 2.75) is 0 Å². The van der Waals surface area contributed by atoms with Crippen LogP contribution in [0.1, 0.15) is 10.4 Å². The molecule has 166 valence electrons. The number of aromatic hydroxyl groups is 1. The Labute approximate surface area is 190 Å². The minimum Gasteiger partial charge on any atom is -0.507 e. The van der Waals surface area contributed by atoms with Gasteiger partial charge in [-0.2, -0.15) is 0 Å². The molecule has 4 aromatic rings. The third-order valence-electron chi connectivity index (χ3n) is 4.99. The quantitative estimate of drug-likeness (QED) is 0.438. The molecule has 0 unspecified atom stereocenters. The van der Waals surface area contributed by atoms with E-state index in [9.17, 15) is 9.90 Å². The molecular formula is C25H21N3O5. The van der Waals surface area contributed by atoms with Crippen LogP contribution < -0.4 is 9.47 Å². The SMILES string of the molecule is COC(=O)c1ccc(-c2nc(-c3ccc(OC)cc3)nc(-c3ccc(OC)cc3O)n2)cc1. The van der Waals surface area contributed by atoms with Crippen LogP contribution in [0.4, 0.5) is 0 Å². The van der Waals surface area contributed by atoms with E-state index >= 15 is 0 Å². The van der Waals surface area contributed by atoms with Gasteiger partial charge in [-0.3, -0.25) is 0 Å². The minimum absolute atomic E-state index is 0.0202. The lowest BCUT2D eigenvalue weighted by Crippen LogP contribution is -2.02. The number of carbonyl (C=O) groups is 1. The number of benzene rings is 3. The van der Waals surface area contributed by atoms with Gasteiger partial charge in [0.15, 0.2) is 17.5 Å². The van der Waals surface area contributed by atoms with Crippen LogP contribution in [-0.4, -0.2) is 47.4 Å². The number of methoxy groups -OCH3 is 3. The average molecular weight is 443 g/mol. The van der Waals surface area contributed by atoms with Gasteiger partial charge in [0.25, 0.3) is 0 Å². The first kappa shape index (κ1) is 21.8. The molecule has 0 aliphatic heterocycles. The highest BCUT2D eigenvalue weighted by Gasteiger charge is 2.16. The summed E-state index contributed by atoms with van der Waals surface area (Å²) in [5, 5.41) is 10.5. The molecule has 0 spiro atoms. The topological polar surface area (TPSA) is 104 Å². The first-order valence-electron chi connectivity index (χ1n) is 9.99. The summed E-state index contributed by atoms with van der Waals surface area (Å²) < 4.78 is 15.2. The normalized spacial score (nSPS) is 10.5. The summed E-state index contributed by atoms with van der Waals surface area (Å²) in [7, 11) is 4.45. The third kappa shape index (κ3) is 4.59. The van der Waals surface area contributed by atoms with E-state index in [1.54, 1.807) is 43.5 Å². The number of carbonyl (C=O) groups excluding carboxylic acids is 1. The van der Waals surface area contributed by atoms with Crippen LogP contribution in [0.5, 0.6) is 17.2 Å². The second-order valence-electron chi connectivity index (χ2n) is 6.99. The Morgan fingerprint density at radius 1 is 0.697 bits per heavy atom. The van der Waals surface area contributed by atoms with Crippen molar-refractivity contribution >= 4 is 5.97 Å². The third-order valence-corrected chi connectivity index (χ3v) is 4.99. The van der Waals surface area contributed by atoms with Gasteiger partial charge in [-0.25, -0.2) is 19.7 Å². The van der Waals surface area contributed by atoms with E-state index in [1.165, 1.54) is 20.3 Å². The Bertz CT molecular complexity index is 1290. The predicted molar refractivity (Wildman–Crippen MR) is 122 cm³/mol. The number of ether oxygens (including phenoxy) is 3. The molecule has 4 rings (SSSR count). The molecule has 0 amide bonds. The molecule has 8 heteroatoms. The summed E-state index contributed by atoms with van der Waals surface area (Å²) >= 11 is 0. The van der Waals surface area contributed by atoms with Crippen LogP contribution in [-0.2, 0) is 4.74 Å². The van der Waals surface area contributed by atoms with Gasteiger partial charge in [-0.05, 0) is 48.5 Å². The van der Waals surface area contributed by atoms with Crippen LogP contribution in [0, 0.1) is 0 Å². The van der Waals surface area contributed by atoms with Gasteiger partial charge in [0.1, 0.15) is 17.2 Å². The molecule has 0 aliphatic carbocycles. The van der Waals surface area contributed by atoms with Crippen molar-refractivity contribution in [1.82, 2.24) is 15.0 Å². The highest BCUT2D eigenvalue weighted by Crippen LogP contribution is 2.32. The van der Waals surface area contributed by atoms with Crippen molar-refractivity contribution in [2.24, 2.45) is 0 Å². The Hall–Kier alpha value is -4.46. The van der Waals surface area contributed by atoms with Crippen LogP contribution in [0.15, 0.2) is 66.7 Å². The first-order valence-corrected chi connectivity index (χ1v) is 9.99. The van der Waals surface area contributed by atoms with Gasteiger partial charge in [-0.1, -0.05) is 12.1 Å². The van der Waals surface area contributed by atoms with Gasteiger partial charge in [-0.15, -0.1) is 0 Å². The monoisotopic (exact) mass is 443 g/mol. The summed E-state index contributed by atoms with van der Waals surface area (Å²) in [6, 6.07) is 19.0. The highest BCUT2D eigenvalue weighted by molar-refractivity contribution is 5.89. The molecule has 0 atom stereocenters. The second kappa shape index (κ2) is 9.35. The molecule has 33 heavy (non-hydrogen) atoms. The second-order valence-corrected chi connectivity index (χ2v) is 6.99. The molecule has 0 radical (unpaired) electrons.